The van der Waals surface area contributed by atoms with Crippen LogP contribution >= 0.6 is 0 Å². The minimum Gasteiger partial charge on any atom is -0.343 e. The Morgan fingerprint density at radius 3 is 2.57 bits per heavy atom. The van der Waals surface area contributed by atoms with Crippen molar-refractivity contribution in [3.63, 3.8) is 0 Å². The van der Waals surface area contributed by atoms with Gasteiger partial charge in [0.05, 0.1) is 0 Å². The van der Waals surface area contributed by atoms with E-state index in [1.807, 2.05) is 39.8 Å². The van der Waals surface area contributed by atoms with Gasteiger partial charge in [0.1, 0.15) is 12.1 Å². The van der Waals surface area contributed by atoms with E-state index in [0.717, 1.165) is 11.3 Å². The van der Waals surface area contributed by atoms with E-state index < -0.39 is 12.1 Å². The van der Waals surface area contributed by atoms with Crippen LogP contribution in [0.4, 0.5) is 0 Å². The molecule has 1 aliphatic rings. The number of aromatic nitrogens is 1. The lowest BCUT2D eigenvalue weighted by atomic mass is 9.95. The highest BCUT2D eigenvalue weighted by atomic mass is 16.2. The van der Waals surface area contributed by atoms with E-state index in [-0.39, 0.29) is 17.7 Å². The number of nitrogens with one attached hydrogen (secondary N) is 1. The SMILES string of the molecule is CCC1NC(=O)C(C(C)C)N(Cc2ccc(C)nc2)C1=O. The number of aryl methyl sites for hydroxylation is 1. The van der Waals surface area contributed by atoms with Gasteiger partial charge in [-0.3, -0.25) is 14.6 Å². The van der Waals surface area contributed by atoms with Gasteiger partial charge in [-0.25, -0.2) is 0 Å². The summed E-state index contributed by atoms with van der Waals surface area (Å²) in [4.78, 5) is 30.8. The Morgan fingerprint density at radius 1 is 1.33 bits per heavy atom. The van der Waals surface area contributed by atoms with E-state index in [4.69, 9.17) is 0 Å². The molecule has 0 aliphatic carbocycles. The molecule has 1 aromatic heterocycles. The summed E-state index contributed by atoms with van der Waals surface area (Å²) in [5.74, 6) is 0.0121. The topological polar surface area (TPSA) is 62.3 Å². The standard InChI is InChI=1S/C16H23N3O2/c1-5-13-16(21)19(14(10(2)3)15(20)18-13)9-12-7-6-11(4)17-8-12/h6-8,10,13-14H,5,9H2,1-4H3,(H,18,20). The fourth-order valence-corrected chi connectivity index (χ4v) is 2.70. The molecule has 1 N–H and O–H groups in total. The number of amides is 2. The van der Waals surface area contributed by atoms with Crippen molar-refractivity contribution in [1.29, 1.82) is 0 Å². The van der Waals surface area contributed by atoms with Crippen LogP contribution in [-0.4, -0.2) is 33.8 Å². The van der Waals surface area contributed by atoms with Crippen LogP contribution < -0.4 is 5.32 Å². The third kappa shape index (κ3) is 3.23. The molecule has 1 aromatic rings. The Bertz CT molecular complexity index is 525. The Morgan fingerprint density at radius 2 is 2.05 bits per heavy atom. The van der Waals surface area contributed by atoms with Gasteiger partial charge in [-0.1, -0.05) is 26.8 Å². The molecule has 2 rings (SSSR count). The third-order valence-corrected chi connectivity index (χ3v) is 3.87. The van der Waals surface area contributed by atoms with Crippen LogP contribution in [-0.2, 0) is 16.1 Å². The molecular weight excluding hydrogens is 266 g/mol. The smallest absolute Gasteiger partial charge is 0.246 e. The minimum absolute atomic E-state index is 0.00336. The van der Waals surface area contributed by atoms with Crippen molar-refractivity contribution in [2.75, 3.05) is 0 Å². The van der Waals surface area contributed by atoms with Gasteiger partial charge in [0.2, 0.25) is 11.8 Å². The molecule has 5 nitrogen and oxygen atoms in total. The second-order valence-electron chi connectivity index (χ2n) is 5.93. The van der Waals surface area contributed by atoms with Crippen LogP contribution in [0.3, 0.4) is 0 Å². The van der Waals surface area contributed by atoms with Gasteiger partial charge < -0.3 is 10.2 Å². The van der Waals surface area contributed by atoms with Crippen LogP contribution in [0, 0.1) is 12.8 Å². The van der Waals surface area contributed by atoms with Gasteiger partial charge in [0.15, 0.2) is 0 Å². The average Bonchev–Trinajstić information content (AvgIpc) is 2.44. The van der Waals surface area contributed by atoms with E-state index in [1.165, 1.54) is 0 Å². The summed E-state index contributed by atoms with van der Waals surface area (Å²) in [6, 6.07) is 3.05. The summed E-state index contributed by atoms with van der Waals surface area (Å²) in [6.45, 7) is 8.19. The number of piperazine rings is 1. The molecule has 21 heavy (non-hydrogen) atoms. The second kappa shape index (κ2) is 6.24. The van der Waals surface area contributed by atoms with E-state index in [2.05, 4.69) is 10.3 Å². The minimum atomic E-state index is -0.415. The maximum atomic E-state index is 12.6. The predicted octanol–water partition coefficient (Wildman–Crippen LogP) is 1.65. The highest BCUT2D eigenvalue weighted by Crippen LogP contribution is 2.21. The number of nitrogens with zero attached hydrogens (tertiary/aromatic N) is 2. The van der Waals surface area contributed by atoms with Gasteiger partial charge in [0, 0.05) is 18.4 Å². The fourth-order valence-electron chi connectivity index (χ4n) is 2.70. The summed E-state index contributed by atoms with van der Waals surface area (Å²) in [5, 5.41) is 2.83. The molecule has 0 bridgehead atoms. The molecule has 114 valence electrons. The van der Waals surface area contributed by atoms with E-state index in [9.17, 15) is 9.59 Å². The molecule has 2 heterocycles. The predicted molar refractivity (Wildman–Crippen MR) is 80.4 cm³/mol. The van der Waals surface area contributed by atoms with Crippen LogP contribution in [0.15, 0.2) is 18.3 Å². The summed E-state index contributed by atoms with van der Waals surface area (Å²) in [7, 11) is 0. The summed E-state index contributed by atoms with van der Waals surface area (Å²) in [6.07, 6.45) is 2.38. The number of hydrogen-bond donors (Lipinski definition) is 1. The summed E-state index contributed by atoms with van der Waals surface area (Å²) >= 11 is 0. The van der Waals surface area contributed by atoms with E-state index in [1.54, 1.807) is 11.1 Å². The molecule has 2 atom stereocenters. The first-order valence-corrected chi connectivity index (χ1v) is 7.46. The van der Waals surface area contributed by atoms with Crippen LogP contribution in [0.2, 0.25) is 0 Å². The third-order valence-electron chi connectivity index (χ3n) is 3.87. The number of carbonyl (C=O) groups is 2. The zero-order valence-corrected chi connectivity index (χ0v) is 13.1. The Kier molecular flexibility index (Phi) is 4.60. The van der Waals surface area contributed by atoms with Gasteiger partial charge >= 0.3 is 0 Å². The fraction of sp³-hybridized carbons (Fsp3) is 0.562. The Hall–Kier alpha value is -1.91. The Balaban J connectivity index is 2.27. The largest absolute Gasteiger partial charge is 0.343 e. The van der Waals surface area contributed by atoms with Gasteiger partial charge in [-0.2, -0.15) is 0 Å². The quantitative estimate of drug-likeness (QED) is 0.917. The molecule has 0 saturated carbocycles. The van der Waals surface area contributed by atoms with Gasteiger partial charge in [0.25, 0.3) is 0 Å². The summed E-state index contributed by atoms with van der Waals surface area (Å²) in [5.41, 5.74) is 1.89. The first kappa shape index (κ1) is 15.5. The first-order chi connectivity index (χ1) is 9.93. The molecule has 5 heteroatoms. The number of carbonyl (C=O) groups excluding carboxylic acids is 2. The van der Waals surface area contributed by atoms with Crippen LogP contribution in [0.1, 0.15) is 38.4 Å². The molecule has 2 unspecified atom stereocenters. The average molecular weight is 289 g/mol. The summed E-state index contributed by atoms with van der Waals surface area (Å²) < 4.78 is 0. The van der Waals surface area contributed by atoms with Crippen molar-refractivity contribution >= 4 is 11.8 Å². The van der Waals surface area contributed by atoms with Crippen molar-refractivity contribution in [3.05, 3.63) is 29.6 Å². The number of rotatable bonds is 4. The molecule has 1 aliphatic heterocycles. The van der Waals surface area contributed by atoms with Crippen LogP contribution in [0.5, 0.6) is 0 Å². The lowest BCUT2D eigenvalue weighted by Crippen LogP contribution is -2.64. The highest BCUT2D eigenvalue weighted by Gasteiger charge is 2.41. The molecule has 1 saturated heterocycles. The maximum absolute atomic E-state index is 12.6. The van der Waals surface area contributed by atoms with Gasteiger partial charge in [-0.05, 0) is 30.9 Å². The first-order valence-electron chi connectivity index (χ1n) is 7.46. The van der Waals surface area contributed by atoms with Crippen molar-refractivity contribution in [2.45, 2.75) is 52.7 Å². The molecule has 0 spiro atoms. The Labute approximate surface area is 125 Å². The lowest BCUT2D eigenvalue weighted by molar-refractivity contribution is -0.152. The maximum Gasteiger partial charge on any atom is 0.246 e. The molecular formula is C16H23N3O2. The highest BCUT2D eigenvalue weighted by molar-refractivity contribution is 5.97. The zero-order valence-electron chi connectivity index (χ0n) is 13.1. The van der Waals surface area contributed by atoms with Crippen molar-refractivity contribution in [1.82, 2.24) is 15.2 Å². The molecule has 0 aromatic carbocycles. The van der Waals surface area contributed by atoms with E-state index >= 15 is 0 Å². The second-order valence-corrected chi connectivity index (χ2v) is 5.93. The van der Waals surface area contributed by atoms with E-state index in [0.29, 0.717) is 13.0 Å². The van der Waals surface area contributed by atoms with Crippen molar-refractivity contribution in [3.8, 4) is 0 Å². The van der Waals surface area contributed by atoms with Crippen LogP contribution in [0.25, 0.3) is 0 Å². The number of pyridine rings is 1. The van der Waals surface area contributed by atoms with Gasteiger partial charge in [-0.15, -0.1) is 0 Å². The monoisotopic (exact) mass is 289 g/mol. The zero-order chi connectivity index (χ0) is 15.6. The molecule has 0 radical (unpaired) electrons. The molecule has 2 amide bonds. The van der Waals surface area contributed by atoms with Crippen molar-refractivity contribution in [2.24, 2.45) is 5.92 Å². The van der Waals surface area contributed by atoms with Crippen molar-refractivity contribution < 1.29 is 9.59 Å². The lowest BCUT2D eigenvalue weighted by Gasteiger charge is -2.40. The molecule has 1 fully saturated rings. The normalized spacial score (nSPS) is 22.6. The number of hydrogen-bond acceptors (Lipinski definition) is 3.